The van der Waals surface area contributed by atoms with Gasteiger partial charge in [-0.25, -0.2) is 4.79 Å². The van der Waals surface area contributed by atoms with Crippen molar-refractivity contribution < 1.29 is 23.9 Å². The molecule has 2 aromatic heterocycles. The van der Waals surface area contributed by atoms with Crippen LogP contribution in [-0.2, 0) is 25.7 Å². The van der Waals surface area contributed by atoms with Crippen molar-refractivity contribution in [2.45, 2.75) is 45.1 Å². The minimum Gasteiger partial charge on any atom is -0.443 e. The maximum absolute atomic E-state index is 12.8. The Morgan fingerprint density at radius 3 is 2.46 bits per heavy atom. The quantitative estimate of drug-likeness (QED) is 0.348. The lowest BCUT2D eigenvalue weighted by molar-refractivity contribution is -0.126. The van der Waals surface area contributed by atoms with Crippen LogP contribution < -0.4 is 16.8 Å². The number of nitrogens with two attached hydrogens (primary N) is 2. The van der Waals surface area contributed by atoms with Gasteiger partial charge >= 0.3 is 6.09 Å². The summed E-state index contributed by atoms with van der Waals surface area (Å²) in [6, 6.07) is 14.2. The molecule has 2 atom stereocenters. The number of pyridine rings is 1. The number of amides is 3. The molecule has 1 unspecified atom stereocenters. The Morgan fingerprint density at radius 1 is 1.11 bits per heavy atom. The van der Waals surface area contributed by atoms with Crippen molar-refractivity contribution >= 4 is 23.6 Å². The molecular weight excluding hydrogens is 478 g/mol. The maximum Gasteiger partial charge on any atom is 0.410 e. The molecule has 0 saturated heterocycles. The van der Waals surface area contributed by atoms with E-state index in [0.29, 0.717) is 17.2 Å². The molecule has 3 aromatic rings. The van der Waals surface area contributed by atoms with Crippen LogP contribution in [0.15, 0.2) is 48.5 Å². The summed E-state index contributed by atoms with van der Waals surface area (Å²) in [5, 5.41) is 11.4. The minimum atomic E-state index is -1.15. The zero-order chi connectivity index (χ0) is 27.2. The fourth-order valence-electron chi connectivity index (χ4n) is 3.50. The average molecular weight is 512 g/mol. The van der Waals surface area contributed by atoms with Gasteiger partial charge in [0.25, 0.3) is 0 Å². The smallest absolute Gasteiger partial charge is 0.410 e. The Balaban J connectivity index is 1.88. The second-order valence-corrected chi connectivity index (χ2v) is 9.28. The highest BCUT2D eigenvalue weighted by molar-refractivity contribution is 5.85. The van der Waals surface area contributed by atoms with Gasteiger partial charge in [0.2, 0.25) is 11.8 Å². The van der Waals surface area contributed by atoms with Gasteiger partial charge in [0.1, 0.15) is 19.2 Å². The molecule has 12 nitrogen and oxygen atoms in total. The third-order valence-electron chi connectivity index (χ3n) is 5.57. The number of benzene rings is 1. The van der Waals surface area contributed by atoms with E-state index in [-0.39, 0.29) is 25.9 Å². The monoisotopic (exact) mass is 511 g/mol. The van der Waals surface area contributed by atoms with Gasteiger partial charge in [-0.3, -0.25) is 14.0 Å². The van der Waals surface area contributed by atoms with E-state index < -0.39 is 29.5 Å². The van der Waals surface area contributed by atoms with Gasteiger partial charge < -0.3 is 31.2 Å². The second-order valence-electron chi connectivity index (χ2n) is 9.28. The van der Waals surface area contributed by atoms with Gasteiger partial charge in [-0.2, -0.15) is 0 Å². The zero-order valence-corrected chi connectivity index (χ0v) is 21.4. The molecule has 0 bridgehead atoms. The molecule has 0 aliphatic carbocycles. The van der Waals surface area contributed by atoms with Crippen molar-refractivity contribution in [3.63, 3.8) is 0 Å². The van der Waals surface area contributed by atoms with E-state index in [1.807, 2.05) is 37.3 Å². The number of aromatic nitrogens is 3. The lowest BCUT2D eigenvalue weighted by Crippen LogP contribution is -2.51. The first kappa shape index (κ1) is 27.6. The molecule has 12 heteroatoms. The summed E-state index contributed by atoms with van der Waals surface area (Å²) in [5.74, 6) is -0.680. The molecule has 0 fully saturated rings. The number of nitrogens with one attached hydrogen (secondary N) is 1. The van der Waals surface area contributed by atoms with E-state index in [1.165, 1.54) is 7.05 Å². The highest BCUT2D eigenvalue weighted by Crippen LogP contribution is 2.22. The van der Waals surface area contributed by atoms with Crippen LogP contribution in [0.1, 0.15) is 50.0 Å². The minimum absolute atomic E-state index is 0.0775. The Kier molecular flexibility index (Phi) is 8.79. The molecule has 1 aromatic carbocycles. The van der Waals surface area contributed by atoms with Gasteiger partial charge in [-0.15, -0.1) is 10.2 Å². The summed E-state index contributed by atoms with van der Waals surface area (Å²) in [4.78, 5) is 37.3. The van der Waals surface area contributed by atoms with Crippen LogP contribution in [0.25, 0.3) is 5.65 Å². The molecule has 37 heavy (non-hydrogen) atoms. The van der Waals surface area contributed by atoms with Gasteiger partial charge in [0.15, 0.2) is 11.5 Å². The fraction of sp³-hybridized carbons (Fsp3) is 0.400. The van der Waals surface area contributed by atoms with Crippen molar-refractivity contribution in [3.8, 4) is 0 Å². The molecule has 0 saturated carbocycles. The summed E-state index contributed by atoms with van der Waals surface area (Å²) in [7, 11) is 1.41. The number of hydrogen-bond donors (Lipinski definition) is 3. The van der Waals surface area contributed by atoms with Crippen LogP contribution in [0, 0.1) is 0 Å². The lowest BCUT2D eigenvalue weighted by atomic mass is 10.1. The molecule has 2 heterocycles. The Morgan fingerprint density at radius 2 is 1.81 bits per heavy atom. The standard InChI is InChI=1S/C25H33N7O5/c1-16(17-9-6-5-7-10-17)36-15-19(28-23(34)25(2,3)27)22-30-29-21-12-8-11-18(32(21)22)14-37-24(35)31(4)13-20(26)33/h5-12,16,19H,13-15,27H2,1-4H3,(H2,26,33)(H,28,34)/t16-,19?/m0/s1. The topological polar surface area (TPSA) is 167 Å². The first-order valence-corrected chi connectivity index (χ1v) is 11.7. The molecule has 0 aliphatic rings. The number of carbonyl (C=O) groups excluding carboxylic acids is 3. The molecule has 3 rings (SSSR count). The first-order valence-electron chi connectivity index (χ1n) is 11.7. The van der Waals surface area contributed by atoms with Gasteiger partial charge in [-0.1, -0.05) is 36.4 Å². The second kappa shape index (κ2) is 11.8. The Labute approximate surface area is 214 Å². The average Bonchev–Trinajstić information content (AvgIpc) is 3.29. The number of fused-ring (bicyclic) bond motifs is 1. The third kappa shape index (κ3) is 7.24. The van der Waals surface area contributed by atoms with E-state index in [4.69, 9.17) is 20.9 Å². The van der Waals surface area contributed by atoms with Crippen molar-refractivity contribution in [1.82, 2.24) is 24.8 Å². The van der Waals surface area contributed by atoms with E-state index in [0.717, 1.165) is 10.5 Å². The summed E-state index contributed by atoms with van der Waals surface area (Å²) >= 11 is 0. The predicted octanol–water partition coefficient (Wildman–Crippen LogP) is 1.46. The fourth-order valence-corrected chi connectivity index (χ4v) is 3.50. The molecule has 0 spiro atoms. The molecule has 3 amide bonds. The van der Waals surface area contributed by atoms with Crippen LogP contribution >= 0.6 is 0 Å². The highest BCUT2D eigenvalue weighted by Gasteiger charge is 2.29. The largest absolute Gasteiger partial charge is 0.443 e. The van der Waals surface area contributed by atoms with Crippen LogP contribution in [0.4, 0.5) is 4.79 Å². The van der Waals surface area contributed by atoms with Crippen LogP contribution in [0.3, 0.4) is 0 Å². The number of rotatable bonds is 11. The number of ether oxygens (including phenoxy) is 2. The first-order chi connectivity index (χ1) is 17.5. The Hall–Kier alpha value is -4.03. The van der Waals surface area contributed by atoms with Crippen molar-refractivity contribution in [2.24, 2.45) is 11.5 Å². The number of carbonyl (C=O) groups is 3. The number of hydrogen-bond acceptors (Lipinski definition) is 8. The summed E-state index contributed by atoms with van der Waals surface area (Å²) < 4.78 is 13.2. The van der Waals surface area contributed by atoms with Gasteiger partial charge in [-0.05, 0) is 38.5 Å². The lowest BCUT2D eigenvalue weighted by Gasteiger charge is -2.25. The summed E-state index contributed by atoms with van der Waals surface area (Å²) in [5.41, 5.74) is 12.0. The van der Waals surface area contributed by atoms with E-state index in [2.05, 4.69) is 15.5 Å². The molecule has 0 radical (unpaired) electrons. The summed E-state index contributed by atoms with van der Waals surface area (Å²) in [6.45, 7) is 4.77. The van der Waals surface area contributed by atoms with Gasteiger partial charge in [0, 0.05) is 7.05 Å². The SMILES string of the molecule is C[C@H](OCC(NC(=O)C(C)(C)N)c1nnc2cccc(COC(=O)N(C)CC(N)=O)n12)c1ccccc1. The van der Waals surface area contributed by atoms with Crippen molar-refractivity contribution in [3.05, 3.63) is 65.6 Å². The molecule has 0 aliphatic heterocycles. The third-order valence-corrected chi connectivity index (χ3v) is 5.57. The van der Waals surface area contributed by atoms with E-state index in [9.17, 15) is 14.4 Å². The van der Waals surface area contributed by atoms with Crippen molar-refractivity contribution in [2.75, 3.05) is 20.2 Å². The molecule has 5 N–H and O–H groups in total. The van der Waals surface area contributed by atoms with Crippen LogP contribution in [0.5, 0.6) is 0 Å². The number of nitrogens with zero attached hydrogens (tertiary/aromatic N) is 4. The van der Waals surface area contributed by atoms with Crippen molar-refractivity contribution in [1.29, 1.82) is 0 Å². The zero-order valence-electron chi connectivity index (χ0n) is 21.4. The maximum atomic E-state index is 12.8. The molecule has 198 valence electrons. The highest BCUT2D eigenvalue weighted by atomic mass is 16.6. The Bertz CT molecular complexity index is 1240. The van der Waals surface area contributed by atoms with Crippen LogP contribution in [-0.4, -0.2) is 63.1 Å². The normalized spacial score (nSPS) is 13.1. The number of likely N-dealkylation sites (N-methyl/N-ethyl adjacent to an activating group) is 1. The van der Waals surface area contributed by atoms with E-state index in [1.54, 1.807) is 36.4 Å². The summed E-state index contributed by atoms with van der Waals surface area (Å²) in [6.07, 6.45) is -0.980. The predicted molar refractivity (Wildman–Crippen MR) is 135 cm³/mol. The number of primary amides is 1. The van der Waals surface area contributed by atoms with Crippen LogP contribution in [0.2, 0.25) is 0 Å². The molecular formula is C25H33N7O5. The van der Waals surface area contributed by atoms with Gasteiger partial charge in [0.05, 0.1) is 23.9 Å². The van der Waals surface area contributed by atoms with E-state index >= 15 is 0 Å².